The zero-order chi connectivity index (χ0) is 14.7. The molecule has 1 aromatic heterocycles. The van der Waals surface area contributed by atoms with Crippen LogP contribution in [0.25, 0.3) is 0 Å². The summed E-state index contributed by atoms with van der Waals surface area (Å²) in [4.78, 5) is 29.9. The molecular formula is C15H15N3O2S. The van der Waals surface area contributed by atoms with Crippen LogP contribution in [0.3, 0.4) is 0 Å². The monoisotopic (exact) mass is 301 g/mol. The Labute approximate surface area is 126 Å². The molecule has 6 heteroatoms. The van der Waals surface area contributed by atoms with E-state index in [9.17, 15) is 9.59 Å². The Morgan fingerprint density at radius 2 is 2.19 bits per heavy atom. The first-order valence-electron chi connectivity index (χ1n) is 6.74. The molecule has 1 aliphatic heterocycles. The standard InChI is InChI=1S/C15H15N3O2S/c19-13-8-12(14(20)17-15-16-6-7-21-15)10-18(13)9-11-4-2-1-3-5-11/h1-7,12H,8-10H2,(H,16,17,20)/t12-/m1/s1. The average molecular weight is 301 g/mol. The van der Waals surface area contributed by atoms with Crippen LogP contribution in [-0.2, 0) is 16.1 Å². The summed E-state index contributed by atoms with van der Waals surface area (Å²) in [5.41, 5.74) is 1.08. The van der Waals surface area contributed by atoms with E-state index in [1.165, 1.54) is 11.3 Å². The Kier molecular flexibility index (Phi) is 3.96. The van der Waals surface area contributed by atoms with Gasteiger partial charge >= 0.3 is 0 Å². The summed E-state index contributed by atoms with van der Waals surface area (Å²) in [5.74, 6) is -0.405. The number of hydrogen-bond acceptors (Lipinski definition) is 4. The van der Waals surface area contributed by atoms with E-state index in [1.54, 1.807) is 16.5 Å². The number of carbonyl (C=O) groups excluding carboxylic acids is 2. The predicted molar refractivity (Wildman–Crippen MR) is 80.7 cm³/mol. The van der Waals surface area contributed by atoms with Crippen molar-refractivity contribution in [3.63, 3.8) is 0 Å². The SMILES string of the molecule is O=C(Nc1nccs1)[C@@H]1CC(=O)N(Cc2ccccc2)C1. The van der Waals surface area contributed by atoms with Crippen molar-refractivity contribution >= 4 is 28.3 Å². The second kappa shape index (κ2) is 6.05. The highest BCUT2D eigenvalue weighted by atomic mass is 32.1. The average Bonchev–Trinajstić information content (AvgIpc) is 3.11. The largest absolute Gasteiger partial charge is 0.338 e. The quantitative estimate of drug-likeness (QED) is 0.941. The van der Waals surface area contributed by atoms with Gasteiger partial charge in [0.15, 0.2) is 5.13 Å². The van der Waals surface area contributed by atoms with Crippen molar-refractivity contribution in [2.45, 2.75) is 13.0 Å². The molecule has 3 rings (SSSR count). The Morgan fingerprint density at radius 1 is 1.38 bits per heavy atom. The second-order valence-corrected chi connectivity index (χ2v) is 5.88. The third-order valence-electron chi connectivity index (χ3n) is 3.46. The van der Waals surface area contributed by atoms with E-state index in [2.05, 4.69) is 10.3 Å². The van der Waals surface area contributed by atoms with E-state index >= 15 is 0 Å². The molecule has 0 bridgehead atoms. The zero-order valence-electron chi connectivity index (χ0n) is 11.4. The summed E-state index contributed by atoms with van der Waals surface area (Å²) in [6.07, 6.45) is 1.91. The molecular weight excluding hydrogens is 286 g/mol. The first-order chi connectivity index (χ1) is 10.2. The minimum Gasteiger partial charge on any atom is -0.338 e. The van der Waals surface area contributed by atoms with Crippen molar-refractivity contribution in [1.29, 1.82) is 0 Å². The number of likely N-dealkylation sites (tertiary alicyclic amines) is 1. The minimum absolute atomic E-state index is 0.0261. The lowest BCUT2D eigenvalue weighted by molar-refractivity contribution is -0.128. The molecule has 2 amide bonds. The van der Waals surface area contributed by atoms with Gasteiger partial charge in [-0.25, -0.2) is 4.98 Å². The van der Waals surface area contributed by atoms with Gasteiger partial charge in [0.25, 0.3) is 0 Å². The third-order valence-corrected chi connectivity index (χ3v) is 4.15. The summed E-state index contributed by atoms with van der Waals surface area (Å²) in [7, 11) is 0. The van der Waals surface area contributed by atoms with Crippen molar-refractivity contribution in [2.24, 2.45) is 5.92 Å². The number of aromatic nitrogens is 1. The third kappa shape index (κ3) is 3.28. The lowest BCUT2D eigenvalue weighted by Crippen LogP contribution is -2.28. The van der Waals surface area contributed by atoms with Crippen LogP contribution in [0.4, 0.5) is 5.13 Å². The molecule has 0 unspecified atom stereocenters. The summed E-state index contributed by atoms with van der Waals surface area (Å²) in [6.45, 7) is 1.02. The molecule has 1 N–H and O–H groups in total. The van der Waals surface area contributed by atoms with Crippen molar-refractivity contribution < 1.29 is 9.59 Å². The maximum Gasteiger partial charge on any atom is 0.231 e. The lowest BCUT2D eigenvalue weighted by Gasteiger charge is -2.16. The van der Waals surface area contributed by atoms with E-state index in [-0.39, 0.29) is 24.2 Å². The molecule has 0 saturated carbocycles. The minimum atomic E-state index is -0.301. The molecule has 108 valence electrons. The van der Waals surface area contributed by atoms with Crippen LogP contribution in [0, 0.1) is 5.92 Å². The molecule has 0 spiro atoms. The van der Waals surface area contributed by atoms with Crippen LogP contribution in [0.15, 0.2) is 41.9 Å². The molecule has 2 heterocycles. The van der Waals surface area contributed by atoms with E-state index in [0.717, 1.165) is 5.56 Å². The smallest absolute Gasteiger partial charge is 0.231 e. The number of thiazole rings is 1. The molecule has 0 aliphatic carbocycles. The molecule has 21 heavy (non-hydrogen) atoms. The summed E-state index contributed by atoms with van der Waals surface area (Å²) in [5, 5.41) is 5.14. The Balaban J connectivity index is 1.60. The van der Waals surface area contributed by atoms with Crippen molar-refractivity contribution in [3.05, 3.63) is 47.5 Å². The molecule has 1 aromatic carbocycles. The Morgan fingerprint density at radius 3 is 2.90 bits per heavy atom. The number of carbonyl (C=O) groups is 2. The van der Waals surface area contributed by atoms with Gasteiger partial charge in [-0.05, 0) is 5.56 Å². The lowest BCUT2D eigenvalue weighted by atomic mass is 10.1. The van der Waals surface area contributed by atoms with Crippen LogP contribution in [0.1, 0.15) is 12.0 Å². The van der Waals surface area contributed by atoms with Crippen LogP contribution >= 0.6 is 11.3 Å². The van der Waals surface area contributed by atoms with Crippen LogP contribution in [0.5, 0.6) is 0 Å². The van der Waals surface area contributed by atoms with Gasteiger partial charge < -0.3 is 10.2 Å². The summed E-state index contributed by atoms with van der Waals surface area (Å²) >= 11 is 1.37. The van der Waals surface area contributed by atoms with Crippen molar-refractivity contribution in [1.82, 2.24) is 9.88 Å². The summed E-state index contributed by atoms with van der Waals surface area (Å²) < 4.78 is 0. The fourth-order valence-corrected chi connectivity index (χ4v) is 2.93. The Bertz CT molecular complexity index is 628. The molecule has 1 fully saturated rings. The van der Waals surface area contributed by atoms with Gasteiger partial charge in [0, 0.05) is 31.1 Å². The number of benzene rings is 1. The highest BCUT2D eigenvalue weighted by Crippen LogP contribution is 2.22. The summed E-state index contributed by atoms with van der Waals surface area (Å²) in [6, 6.07) is 9.80. The number of amides is 2. The molecule has 1 atom stereocenters. The highest BCUT2D eigenvalue weighted by molar-refractivity contribution is 7.13. The van der Waals surface area contributed by atoms with E-state index in [0.29, 0.717) is 18.2 Å². The molecule has 2 aromatic rings. The van der Waals surface area contributed by atoms with Gasteiger partial charge in [-0.15, -0.1) is 11.3 Å². The van der Waals surface area contributed by atoms with E-state index in [4.69, 9.17) is 0 Å². The number of rotatable bonds is 4. The fourth-order valence-electron chi connectivity index (χ4n) is 2.40. The van der Waals surface area contributed by atoms with Crippen LogP contribution in [-0.4, -0.2) is 28.2 Å². The Hall–Kier alpha value is -2.21. The van der Waals surface area contributed by atoms with Gasteiger partial charge in [-0.2, -0.15) is 0 Å². The normalized spacial score (nSPS) is 18.0. The van der Waals surface area contributed by atoms with Gasteiger partial charge in [0.1, 0.15) is 0 Å². The number of anilines is 1. The molecule has 5 nitrogen and oxygen atoms in total. The second-order valence-electron chi connectivity index (χ2n) is 4.99. The van der Waals surface area contributed by atoms with Crippen molar-refractivity contribution in [3.8, 4) is 0 Å². The number of nitrogens with zero attached hydrogens (tertiary/aromatic N) is 2. The van der Waals surface area contributed by atoms with Crippen LogP contribution in [0.2, 0.25) is 0 Å². The molecule has 1 saturated heterocycles. The maximum absolute atomic E-state index is 12.1. The predicted octanol–water partition coefficient (Wildman–Crippen LogP) is 2.13. The fraction of sp³-hybridized carbons (Fsp3) is 0.267. The first kappa shape index (κ1) is 13.8. The molecule has 1 aliphatic rings. The maximum atomic E-state index is 12.1. The van der Waals surface area contributed by atoms with Gasteiger partial charge in [-0.1, -0.05) is 30.3 Å². The van der Waals surface area contributed by atoms with Crippen molar-refractivity contribution in [2.75, 3.05) is 11.9 Å². The molecule has 0 radical (unpaired) electrons. The van der Waals surface area contributed by atoms with Gasteiger partial charge in [0.05, 0.1) is 5.92 Å². The topological polar surface area (TPSA) is 62.3 Å². The van der Waals surface area contributed by atoms with E-state index < -0.39 is 0 Å². The van der Waals surface area contributed by atoms with E-state index in [1.807, 2.05) is 30.3 Å². The first-order valence-corrected chi connectivity index (χ1v) is 7.62. The van der Waals surface area contributed by atoms with Gasteiger partial charge in [-0.3, -0.25) is 9.59 Å². The highest BCUT2D eigenvalue weighted by Gasteiger charge is 2.34. The van der Waals surface area contributed by atoms with Gasteiger partial charge in [0.2, 0.25) is 11.8 Å². The zero-order valence-corrected chi connectivity index (χ0v) is 12.2. The van der Waals surface area contributed by atoms with Crippen LogP contribution < -0.4 is 5.32 Å². The number of nitrogens with one attached hydrogen (secondary N) is 1. The number of hydrogen-bond donors (Lipinski definition) is 1.